The van der Waals surface area contributed by atoms with Crippen molar-refractivity contribution in [3.05, 3.63) is 58.6 Å². The van der Waals surface area contributed by atoms with Crippen LogP contribution < -0.4 is 0 Å². The van der Waals surface area contributed by atoms with Crippen molar-refractivity contribution in [3.8, 4) is 0 Å². The van der Waals surface area contributed by atoms with Crippen LogP contribution in [-0.2, 0) is 11.2 Å². The number of halogens is 1. The third kappa shape index (κ3) is 3.56. The van der Waals surface area contributed by atoms with Crippen LogP contribution in [0.5, 0.6) is 0 Å². The van der Waals surface area contributed by atoms with Crippen molar-refractivity contribution in [1.29, 1.82) is 0 Å². The molecular weight excluding hydrogens is 288 g/mol. The molecule has 0 aromatic heterocycles. The van der Waals surface area contributed by atoms with E-state index in [2.05, 4.69) is 64.5 Å². The van der Waals surface area contributed by atoms with Crippen LogP contribution in [-0.4, -0.2) is 13.7 Å². The Hall–Kier alpha value is -0.860. The number of methoxy groups -OCH3 is 1. The van der Waals surface area contributed by atoms with Crippen molar-refractivity contribution >= 4 is 15.9 Å². The van der Waals surface area contributed by atoms with Gasteiger partial charge in [-0.05, 0) is 34.7 Å². The van der Waals surface area contributed by atoms with E-state index in [0.717, 1.165) is 19.4 Å². The Morgan fingerprint density at radius 3 is 2.72 bits per heavy atom. The lowest BCUT2D eigenvalue weighted by Gasteiger charge is -2.27. The molecule has 0 aliphatic heterocycles. The second-order valence-electron chi connectivity index (χ2n) is 4.68. The lowest BCUT2D eigenvalue weighted by molar-refractivity contribution is 0.176. The Balaban J connectivity index is 2.05. The molecule has 18 heavy (non-hydrogen) atoms. The van der Waals surface area contributed by atoms with Gasteiger partial charge in [0.15, 0.2) is 0 Å². The second-order valence-corrected chi connectivity index (χ2v) is 5.59. The Morgan fingerprint density at radius 1 is 1.22 bits per heavy atom. The van der Waals surface area contributed by atoms with E-state index in [0.29, 0.717) is 11.8 Å². The third-order valence-electron chi connectivity index (χ3n) is 3.43. The molecule has 2 atom stereocenters. The van der Waals surface area contributed by atoms with Gasteiger partial charge in [0, 0.05) is 13.7 Å². The van der Waals surface area contributed by atoms with Crippen LogP contribution in [0.2, 0.25) is 0 Å². The summed E-state index contributed by atoms with van der Waals surface area (Å²) in [5.74, 6) is 1.09. The van der Waals surface area contributed by atoms with E-state index in [1.165, 1.54) is 10.0 Å². The average molecular weight is 307 g/mol. The monoisotopic (exact) mass is 306 g/mol. The molecule has 0 heterocycles. The molecule has 1 aromatic carbocycles. The van der Waals surface area contributed by atoms with Crippen molar-refractivity contribution in [2.75, 3.05) is 13.7 Å². The topological polar surface area (TPSA) is 9.23 Å². The molecule has 2 heteroatoms. The van der Waals surface area contributed by atoms with E-state index < -0.39 is 0 Å². The summed E-state index contributed by atoms with van der Waals surface area (Å²) in [6, 6.07) is 10.7. The van der Waals surface area contributed by atoms with Gasteiger partial charge in [-0.3, -0.25) is 0 Å². The highest BCUT2D eigenvalue weighted by Gasteiger charge is 2.23. The third-order valence-corrected chi connectivity index (χ3v) is 4.28. The van der Waals surface area contributed by atoms with Gasteiger partial charge in [-0.15, -0.1) is 0 Å². The zero-order valence-corrected chi connectivity index (χ0v) is 12.3. The molecule has 0 radical (unpaired) electrons. The molecule has 0 spiro atoms. The summed E-state index contributed by atoms with van der Waals surface area (Å²) in [6.45, 7) is 0.812. The number of benzene rings is 1. The summed E-state index contributed by atoms with van der Waals surface area (Å²) in [5.41, 5.74) is 1.40. The Bertz CT molecular complexity index is 422. The van der Waals surface area contributed by atoms with Gasteiger partial charge in [0.05, 0.1) is 0 Å². The summed E-state index contributed by atoms with van der Waals surface area (Å²) < 4.78 is 6.51. The van der Waals surface area contributed by atoms with E-state index in [4.69, 9.17) is 4.74 Å². The molecule has 0 amide bonds. The Labute approximate surface area is 118 Å². The molecule has 0 saturated carbocycles. The van der Waals surface area contributed by atoms with Gasteiger partial charge in [-0.25, -0.2) is 0 Å². The van der Waals surface area contributed by atoms with Gasteiger partial charge in [-0.1, -0.05) is 64.5 Å². The van der Waals surface area contributed by atoms with Crippen molar-refractivity contribution in [2.45, 2.75) is 12.8 Å². The summed E-state index contributed by atoms with van der Waals surface area (Å²) in [5, 5.41) is 0. The first kappa shape index (κ1) is 13.6. The predicted octanol–water partition coefficient (Wildman–Crippen LogP) is 4.35. The highest BCUT2D eigenvalue weighted by molar-refractivity contribution is 9.11. The maximum absolute atomic E-state index is 5.22. The lowest BCUT2D eigenvalue weighted by Crippen LogP contribution is -2.19. The average Bonchev–Trinajstić information content (AvgIpc) is 2.39. The number of hydrogen-bond donors (Lipinski definition) is 0. The summed E-state index contributed by atoms with van der Waals surface area (Å²) in [6.07, 6.45) is 8.78. The highest BCUT2D eigenvalue weighted by atomic mass is 79.9. The fourth-order valence-electron chi connectivity index (χ4n) is 2.45. The zero-order valence-electron chi connectivity index (χ0n) is 10.7. The van der Waals surface area contributed by atoms with E-state index in [1.807, 2.05) is 0 Å². The van der Waals surface area contributed by atoms with Gasteiger partial charge in [0.1, 0.15) is 0 Å². The van der Waals surface area contributed by atoms with E-state index in [9.17, 15) is 0 Å². The van der Waals surface area contributed by atoms with Crippen LogP contribution >= 0.6 is 15.9 Å². The minimum Gasteiger partial charge on any atom is -0.385 e. The molecule has 0 saturated heterocycles. The molecule has 96 valence electrons. The molecule has 1 aliphatic carbocycles. The minimum absolute atomic E-state index is 0.537. The van der Waals surface area contributed by atoms with E-state index in [-0.39, 0.29) is 0 Å². The van der Waals surface area contributed by atoms with E-state index >= 15 is 0 Å². The summed E-state index contributed by atoms with van der Waals surface area (Å²) >= 11 is 3.69. The molecule has 0 N–H and O–H groups in total. The largest absolute Gasteiger partial charge is 0.385 e. The maximum atomic E-state index is 5.22. The van der Waals surface area contributed by atoms with Crippen LogP contribution in [0, 0.1) is 11.8 Å². The minimum atomic E-state index is 0.537. The number of rotatable bonds is 5. The van der Waals surface area contributed by atoms with Gasteiger partial charge >= 0.3 is 0 Å². The van der Waals surface area contributed by atoms with Gasteiger partial charge in [-0.2, -0.15) is 0 Å². The second kappa shape index (κ2) is 6.91. The SMILES string of the molecule is COCCC1C(Br)=CC=CC1Cc1ccccc1. The van der Waals surface area contributed by atoms with Gasteiger partial charge < -0.3 is 4.74 Å². The maximum Gasteiger partial charge on any atom is 0.0468 e. The molecule has 0 bridgehead atoms. The van der Waals surface area contributed by atoms with Gasteiger partial charge in [0.2, 0.25) is 0 Å². The molecule has 2 rings (SSSR count). The van der Waals surface area contributed by atoms with Crippen LogP contribution in [0.3, 0.4) is 0 Å². The van der Waals surface area contributed by atoms with Crippen molar-refractivity contribution in [3.63, 3.8) is 0 Å². The standard InChI is InChI=1S/C16H19BrO/c1-18-11-10-15-14(8-5-9-16(15)17)12-13-6-3-2-4-7-13/h2-9,14-15H,10-12H2,1H3. The Kier molecular flexibility index (Phi) is 5.21. The van der Waals surface area contributed by atoms with Crippen molar-refractivity contribution in [2.24, 2.45) is 11.8 Å². The lowest BCUT2D eigenvalue weighted by atomic mass is 9.82. The zero-order chi connectivity index (χ0) is 12.8. The first-order valence-electron chi connectivity index (χ1n) is 6.38. The summed E-state index contributed by atoms with van der Waals surface area (Å²) in [7, 11) is 1.77. The first-order chi connectivity index (χ1) is 8.81. The van der Waals surface area contributed by atoms with E-state index in [1.54, 1.807) is 7.11 Å². The normalized spacial score (nSPS) is 22.9. The molecule has 0 fully saturated rings. The van der Waals surface area contributed by atoms with Crippen LogP contribution in [0.15, 0.2) is 53.0 Å². The molecule has 1 aliphatic rings. The molecular formula is C16H19BrO. The summed E-state index contributed by atoms with van der Waals surface area (Å²) in [4.78, 5) is 0. The predicted molar refractivity (Wildman–Crippen MR) is 79.8 cm³/mol. The van der Waals surface area contributed by atoms with Crippen LogP contribution in [0.25, 0.3) is 0 Å². The number of allylic oxidation sites excluding steroid dienone is 4. The number of hydrogen-bond acceptors (Lipinski definition) is 1. The smallest absolute Gasteiger partial charge is 0.0468 e. The highest BCUT2D eigenvalue weighted by Crippen LogP contribution is 2.34. The molecule has 1 nitrogen and oxygen atoms in total. The van der Waals surface area contributed by atoms with Crippen LogP contribution in [0.4, 0.5) is 0 Å². The Morgan fingerprint density at radius 2 is 2.00 bits per heavy atom. The molecule has 2 unspecified atom stereocenters. The number of ether oxygens (including phenoxy) is 1. The van der Waals surface area contributed by atoms with Crippen molar-refractivity contribution in [1.82, 2.24) is 0 Å². The first-order valence-corrected chi connectivity index (χ1v) is 7.17. The fraction of sp³-hybridized carbons (Fsp3) is 0.375. The quantitative estimate of drug-likeness (QED) is 0.786. The van der Waals surface area contributed by atoms with Crippen molar-refractivity contribution < 1.29 is 4.74 Å². The van der Waals surface area contributed by atoms with Crippen LogP contribution in [0.1, 0.15) is 12.0 Å². The molecule has 1 aromatic rings. The van der Waals surface area contributed by atoms with Gasteiger partial charge in [0.25, 0.3) is 0 Å². The fourth-order valence-corrected chi connectivity index (χ4v) is 3.17.